The highest BCUT2D eigenvalue weighted by molar-refractivity contribution is 5.93. The first-order valence-electron chi connectivity index (χ1n) is 11.5. The van der Waals surface area contributed by atoms with Crippen LogP contribution in [0.25, 0.3) is 10.9 Å². The summed E-state index contributed by atoms with van der Waals surface area (Å²) in [6.07, 6.45) is 3.43. The molecule has 0 atom stereocenters. The predicted molar refractivity (Wildman–Crippen MR) is 135 cm³/mol. The molecule has 0 unspecified atom stereocenters. The number of aryl methyl sites for hydroxylation is 1. The van der Waals surface area contributed by atoms with E-state index in [-0.39, 0.29) is 6.61 Å². The van der Waals surface area contributed by atoms with Crippen LogP contribution in [0.3, 0.4) is 0 Å². The van der Waals surface area contributed by atoms with E-state index in [2.05, 4.69) is 52.7 Å². The van der Waals surface area contributed by atoms with Crippen LogP contribution in [0, 0.1) is 6.92 Å². The van der Waals surface area contributed by atoms with Crippen LogP contribution in [0.5, 0.6) is 0 Å². The summed E-state index contributed by atoms with van der Waals surface area (Å²) in [5, 5.41) is 25.1. The van der Waals surface area contributed by atoms with Crippen LogP contribution in [0.2, 0.25) is 0 Å². The largest absolute Gasteiger partial charge is 0.395 e. The van der Waals surface area contributed by atoms with Crippen molar-refractivity contribution >= 4 is 39.7 Å². The minimum absolute atomic E-state index is 0.217. The molecular weight excluding hydrogens is 428 g/mol. The molecule has 5 rings (SSSR count). The average molecular weight is 457 g/mol. The van der Waals surface area contributed by atoms with Crippen LogP contribution in [-0.4, -0.2) is 69.5 Å². The molecule has 174 valence electrons. The van der Waals surface area contributed by atoms with Crippen molar-refractivity contribution in [2.45, 2.75) is 6.92 Å². The third kappa shape index (κ3) is 4.90. The van der Waals surface area contributed by atoms with Crippen molar-refractivity contribution in [2.75, 3.05) is 54.9 Å². The lowest BCUT2D eigenvalue weighted by Gasteiger charge is -2.35. The van der Waals surface area contributed by atoms with Gasteiger partial charge in [0.1, 0.15) is 5.82 Å². The minimum atomic E-state index is 0.217. The Morgan fingerprint density at radius 1 is 0.971 bits per heavy atom. The molecule has 3 heterocycles. The van der Waals surface area contributed by atoms with Crippen LogP contribution in [-0.2, 0) is 0 Å². The first-order chi connectivity index (χ1) is 16.7. The molecule has 1 aliphatic rings. The van der Waals surface area contributed by atoms with Crippen molar-refractivity contribution in [1.82, 2.24) is 25.1 Å². The molecule has 9 nitrogen and oxygen atoms in total. The fourth-order valence-electron chi connectivity index (χ4n) is 4.20. The van der Waals surface area contributed by atoms with Gasteiger partial charge >= 0.3 is 0 Å². The van der Waals surface area contributed by atoms with E-state index >= 15 is 0 Å². The molecule has 9 heteroatoms. The number of hydrogen-bond donors (Lipinski definition) is 3. The number of anilines is 5. The number of nitrogens with one attached hydrogen (secondary N) is 2. The standard InChI is InChI=1S/C25H28N8O/c1-18-3-2-4-21-22(17-27-31-24(18)21)29-23-9-10-26-25(30-23)28-19-5-7-20(8-6-19)33-13-11-32(12-14-33)15-16-34/h2-10,17,34H,11-16H2,1H3,(H2,26,28,29,30,31). The second-order valence-corrected chi connectivity index (χ2v) is 8.34. The maximum atomic E-state index is 9.11. The van der Waals surface area contributed by atoms with Gasteiger partial charge in [0.15, 0.2) is 0 Å². The van der Waals surface area contributed by atoms with Gasteiger partial charge in [-0.15, -0.1) is 0 Å². The summed E-state index contributed by atoms with van der Waals surface area (Å²) in [7, 11) is 0. The smallest absolute Gasteiger partial charge is 0.229 e. The van der Waals surface area contributed by atoms with Gasteiger partial charge in [0.05, 0.1) is 24.0 Å². The van der Waals surface area contributed by atoms with Crippen molar-refractivity contribution in [1.29, 1.82) is 0 Å². The number of aliphatic hydroxyl groups is 1. The molecule has 1 aliphatic heterocycles. The lowest BCUT2D eigenvalue weighted by atomic mass is 10.1. The Morgan fingerprint density at radius 3 is 2.59 bits per heavy atom. The quantitative estimate of drug-likeness (QED) is 0.386. The topological polar surface area (TPSA) is 102 Å². The lowest BCUT2D eigenvalue weighted by Crippen LogP contribution is -2.47. The third-order valence-electron chi connectivity index (χ3n) is 6.07. The summed E-state index contributed by atoms with van der Waals surface area (Å²) < 4.78 is 0. The number of fused-ring (bicyclic) bond motifs is 1. The number of hydrogen-bond acceptors (Lipinski definition) is 9. The number of aliphatic hydroxyl groups excluding tert-OH is 1. The Hall–Kier alpha value is -3.82. The van der Waals surface area contributed by atoms with Crippen LogP contribution in [0.15, 0.2) is 60.9 Å². The van der Waals surface area contributed by atoms with E-state index in [0.717, 1.165) is 60.6 Å². The first kappa shape index (κ1) is 22.0. The number of aromatic nitrogens is 4. The van der Waals surface area contributed by atoms with Crippen LogP contribution < -0.4 is 15.5 Å². The van der Waals surface area contributed by atoms with Crippen molar-refractivity contribution in [3.8, 4) is 0 Å². The number of piperazine rings is 1. The average Bonchev–Trinajstić information content (AvgIpc) is 2.86. The zero-order chi connectivity index (χ0) is 23.3. The van der Waals surface area contributed by atoms with E-state index in [9.17, 15) is 0 Å². The molecular formula is C25H28N8O. The van der Waals surface area contributed by atoms with E-state index in [4.69, 9.17) is 5.11 Å². The summed E-state index contributed by atoms with van der Waals surface area (Å²) in [6.45, 7) is 6.85. The predicted octanol–water partition coefficient (Wildman–Crippen LogP) is 3.33. The van der Waals surface area contributed by atoms with Gasteiger partial charge in [0.25, 0.3) is 0 Å². The molecule has 0 amide bonds. The van der Waals surface area contributed by atoms with Crippen LogP contribution in [0.4, 0.5) is 28.8 Å². The fraction of sp³-hybridized carbons (Fsp3) is 0.280. The van der Waals surface area contributed by atoms with Gasteiger partial charge in [-0.3, -0.25) is 4.90 Å². The molecule has 0 aliphatic carbocycles. The molecule has 0 radical (unpaired) electrons. The van der Waals surface area contributed by atoms with Crippen LogP contribution >= 0.6 is 0 Å². The third-order valence-corrected chi connectivity index (χ3v) is 6.07. The van der Waals surface area contributed by atoms with Gasteiger partial charge in [-0.1, -0.05) is 18.2 Å². The highest BCUT2D eigenvalue weighted by Gasteiger charge is 2.16. The van der Waals surface area contributed by atoms with Gasteiger partial charge in [-0.05, 0) is 42.8 Å². The Kier molecular flexibility index (Phi) is 6.46. The molecule has 1 fully saturated rings. The van der Waals surface area contributed by atoms with E-state index < -0.39 is 0 Å². The first-order valence-corrected chi connectivity index (χ1v) is 11.5. The van der Waals surface area contributed by atoms with E-state index in [1.54, 1.807) is 12.4 Å². The summed E-state index contributed by atoms with van der Waals surface area (Å²) in [5.41, 5.74) is 4.91. The van der Waals surface area contributed by atoms with Gasteiger partial charge < -0.3 is 20.6 Å². The highest BCUT2D eigenvalue weighted by Crippen LogP contribution is 2.26. The number of nitrogens with zero attached hydrogens (tertiary/aromatic N) is 6. The molecule has 0 spiro atoms. The van der Waals surface area contributed by atoms with Crippen molar-refractivity contribution in [3.63, 3.8) is 0 Å². The Morgan fingerprint density at radius 2 is 1.79 bits per heavy atom. The summed E-state index contributed by atoms with van der Waals surface area (Å²) >= 11 is 0. The number of β-amino-alcohol motifs (C(OH)–C–C–N with tert-alkyl or cyclic N) is 1. The van der Waals surface area contributed by atoms with Crippen molar-refractivity contribution in [2.24, 2.45) is 0 Å². The van der Waals surface area contributed by atoms with Gasteiger partial charge in [0, 0.05) is 55.7 Å². The monoisotopic (exact) mass is 456 g/mol. The number of rotatable bonds is 7. The van der Waals surface area contributed by atoms with Gasteiger partial charge in [0.2, 0.25) is 5.95 Å². The number of benzene rings is 2. The van der Waals surface area contributed by atoms with Crippen molar-refractivity contribution in [3.05, 3.63) is 66.5 Å². The molecule has 0 bridgehead atoms. The zero-order valence-corrected chi connectivity index (χ0v) is 19.1. The normalized spacial score (nSPS) is 14.4. The maximum Gasteiger partial charge on any atom is 0.229 e. The Bertz CT molecular complexity index is 1260. The van der Waals surface area contributed by atoms with E-state index in [1.165, 1.54) is 5.69 Å². The molecule has 34 heavy (non-hydrogen) atoms. The second kappa shape index (κ2) is 9.98. The summed E-state index contributed by atoms with van der Waals surface area (Å²) in [5.74, 6) is 1.18. The molecule has 0 saturated carbocycles. The molecule has 1 saturated heterocycles. The Labute approximate surface area is 198 Å². The molecule has 2 aromatic heterocycles. The molecule has 2 aromatic carbocycles. The highest BCUT2D eigenvalue weighted by atomic mass is 16.3. The van der Waals surface area contributed by atoms with Gasteiger partial charge in [-0.2, -0.15) is 15.2 Å². The summed E-state index contributed by atoms with van der Waals surface area (Å²) in [4.78, 5) is 13.6. The lowest BCUT2D eigenvalue weighted by molar-refractivity contribution is 0.189. The van der Waals surface area contributed by atoms with Crippen LogP contribution in [0.1, 0.15) is 5.56 Å². The summed E-state index contributed by atoms with van der Waals surface area (Å²) in [6, 6.07) is 16.2. The SMILES string of the molecule is Cc1cccc2c(Nc3ccnc(Nc4ccc(N5CCN(CCO)CC5)cc4)n3)cnnc12. The minimum Gasteiger partial charge on any atom is -0.395 e. The molecule has 4 aromatic rings. The zero-order valence-electron chi connectivity index (χ0n) is 19.1. The Balaban J connectivity index is 1.26. The van der Waals surface area contributed by atoms with E-state index in [0.29, 0.717) is 11.8 Å². The van der Waals surface area contributed by atoms with Crippen molar-refractivity contribution < 1.29 is 5.11 Å². The van der Waals surface area contributed by atoms with Gasteiger partial charge in [-0.25, -0.2) is 4.98 Å². The van der Waals surface area contributed by atoms with E-state index in [1.807, 2.05) is 43.3 Å². The second-order valence-electron chi connectivity index (χ2n) is 8.34. The molecule has 3 N–H and O–H groups in total. The maximum absolute atomic E-state index is 9.11. The fourth-order valence-corrected chi connectivity index (χ4v) is 4.20.